The van der Waals surface area contributed by atoms with Crippen molar-refractivity contribution in [2.24, 2.45) is 11.8 Å². The molecule has 1 aliphatic heterocycles. The molecule has 0 unspecified atom stereocenters. The Morgan fingerprint density at radius 1 is 1.15 bits per heavy atom. The van der Waals surface area contributed by atoms with Crippen LogP contribution in [0.1, 0.15) is 58.1 Å². The summed E-state index contributed by atoms with van der Waals surface area (Å²) in [5.74, 6) is 2.32. The first-order chi connectivity index (χ1) is 16.0. The summed E-state index contributed by atoms with van der Waals surface area (Å²) in [6.45, 7) is 6.76. The standard InChI is InChI=1S/C23H34N6O3S/c1-16-8-6-10-19(17(16)2)24-21(31)25-20(30)15-33-23-27-26-22(28-11-4-3-5-12-28)29(23)14-18-9-7-13-32-18/h7,9,13,16-17,19H,3-6,8,10-12,14-15H2,1-2H3,(H2,24,25,30,31)/t16-,17+,19-/m1/s1. The van der Waals surface area contributed by atoms with E-state index in [1.54, 1.807) is 6.26 Å². The highest BCUT2D eigenvalue weighted by Gasteiger charge is 2.28. The van der Waals surface area contributed by atoms with E-state index in [1.165, 1.54) is 24.6 Å². The van der Waals surface area contributed by atoms with E-state index in [1.807, 2.05) is 16.7 Å². The molecule has 0 bridgehead atoms. The van der Waals surface area contributed by atoms with Gasteiger partial charge >= 0.3 is 6.03 Å². The number of hydrogen-bond acceptors (Lipinski definition) is 7. The lowest BCUT2D eigenvalue weighted by atomic mass is 9.78. The van der Waals surface area contributed by atoms with Crippen LogP contribution in [0.2, 0.25) is 0 Å². The van der Waals surface area contributed by atoms with Gasteiger partial charge in [-0.3, -0.25) is 14.7 Å². The number of imide groups is 1. The van der Waals surface area contributed by atoms with Crippen molar-refractivity contribution in [2.75, 3.05) is 23.7 Å². The zero-order chi connectivity index (χ0) is 23.2. The minimum absolute atomic E-state index is 0.0837. The maximum atomic E-state index is 12.5. The Morgan fingerprint density at radius 3 is 2.73 bits per heavy atom. The second-order valence-electron chi connectivity index (χ2n) is 9.18. The van der Waals surface area contributed by atoms with Gasteiger partial charge < -0.3 is 14.6 Å². The molecular formula is C23H34N6O3S. The van der Waals surface area contributed by atoms with E-state index in [0.29, 0.717) is 23.5 Å². The minimum Gasteiger partial charge on any atom is -0.467 e. The number of rotatable bonds is 7. The van der Waals surface area contributed by atoms with Gasteiger partial charge in [-0.2, -0.15) is 0 Å². The normalized spacial score (nSPS) is 23.3. The summed E-state index contributed by atoms with van der Waals surface area (Å²) < 4.78 is 7.53. The van der Waals surface area contributed by atoms with E-state index in [9.17, 15) is 9.59 Å². The number of nitrogens with zero attached hydrogens (tertiary/aromatic N) is 4. The first-order valence-corrected chi connectivity index (χ1v) is 12.9. The molecule has 3 amide bonds. The van der Waals surface area contributed by atoms with Crippen molar-refractivity contribution < 1.29 is 14.0 Å². The Balaban J connectivity index is 1.35. The van der Waals surface area contributed by atoms with E-state index < -0.39 is 6.03 Å². The number of urea groups is 1. The van der Waals surface area contributed by atoms with Gasteiger partial charge in [0.2, 0.25) is 11.9 Å². The maximum absolute atomic E-state index is 12.5. The second kappa shape index (κ2) is 11.1. The molecule has 1 saturated carbocycles. The molecule has 4 rings (SSSR count). The summed E-state index contributed by atoms with van der Waals surface area (Å²) >= 11 is 1.28. The number of anilines is 1. The Morgan fingerprint density at radius 2 is 1.97 bits per heavy atom. The van der Waals surface area contributed by atoms with E-state index in [-0.39, 0.29) is 17.7 Å². The summed E-state index contributed by atoms with van der Waals surface area (Å²) in [4.78, 5) is 27.1. The third kappa shape index (κ3) is 6.10. The summed E-state index contributed by atoms with van der Waals surface area (Å²) in [5, 5.41) is 14.9. The zero-order valence-electron chi connectivity index (χ0n) is 19.5. The van der Waals surface area contributed by atoms with E-state index in [2.05, 4.69) is 39.6 Å². The topological polar surface area (TPSA) is 105 Å². The van der Waals surface area contributed by atoms with Gasteiger partial charge in [0.05, 0.1) is 18.6 Å². The molecule has 1 saturated heterocycles. The molecule has 180 valence electrons. The van der Waals surface area contributed by atoms with Crippen LogP contribution in [-0.4, -0.2) is 51.6 Å². The van der Waals surface area contributed by atoms with Gasteiger partial charge in [0.1, 0.15) is 5.76 Å². The monoisotopic (exact) mass is 474 g/mol. The van der Waals surface area contributed by atoms with Crippen LogP contribution in [0.3, 0.4) is 0 Å². The van der Waals surface area contributed by atoms with Crippen molar-refractivity contribution in [3.8, 4) is 0 Å². The van der Waals surface area contributed by atoms with Crippen molar-refractivity contribution in [1.29, 1.82) is 0 Å². The maximum Gasteiger partial charge on any atom is 0.321 e. The molecule has 0 aromatic carbocycles. The zero-order valence-corrected chi connectivity index (χ0v) is 20.3. The lowest BCUT2D eigenvalue weighted by Gasteiger charge is -2.34. The van der Waals surface area contributed by atoms with Gasteiger partial charge in [-0.25, -0.2) is 4.79 Å². The number of aromatic nitrogens is 3. The number of thioether (sulfide) groups is 1. The number of furan rings is 1. The smallest absolute Gasteiger partial charge is 0.321 e. The Bertz CT molecular complexity index is 925. The number of hydrogen-bond donors (Lipinski definition) is 2. The van der Waals surface area contributed by atoms with Crippen LogP contribution >= 0.6 is 11.8 Å². The van der Waals surface area contributed by atoms with Crippen LogP contribution in [0.4, 0.5) is 10.7 Å². The molecule has 2 aromatic rings. The summed E-state index contributed by atoms with van der Waals surface area (Å²) in [6.07, 6.45) is 8.38. The van der Waals surface area contributed by atoms with Gasteiger partial charge in [0.25, 0.3) is 0 Å². The first-order valence-electron chi connectivity index (χ1n) is 11.9. The fourth-order valence-electron chi connectivity index (χ4n) is 4.70. The SMILES string of the molecule is C[C@H]1[C@H](C)CCC[C@H]1NC(=O)NC(=O)CSc1nnc(N2CCCCC2)n1Cc1ccco1. The molecule has 33 heavy (non-hydrogen) atoms. The van der Waals surface area contributed by atoms with Crippen LogP contribution in [-0.2, 0) is 11.3 Å². The van der Waals surface area contributed by atoms with Crippen molar-refractivity contribution >= 4 is 29.6 Å². The molecule has 0 spiro atoms. The van der Waals surface area contributed by atoms with Crippen molar-refractivity contribution in [3.05, 3.63) is 24.2 Å². The van der Waals surface area contributed by atoms with Crippen molar-refractivity contribution in [2.45, 2.75) is 70.1 Å². The highest BCUT2D eigenvalue weighted by Crippen LogP contribution is 2.29. The Kier molecular flexibility index (Phi) is 7.95. The average Bonchev–Trinajstić information content (AvgIpc) is 3.46. The molecule has 1 aliphatic carbocycles. The van der Waals surface area contributed by atoms with Crippen LogP contribution in [0.5, 0.6) is 0 Å². The van der Waals surface area contributed by atoms with Crippen LogP contribution in [0, 0.1) is 11.8 Å². The van der Waals surface area contributed by atoms with Gasteiger partial charge in [-0.15, -0.1) is 10.2 Å². The third-order valence-electron chi connectivity index (χ3n) is 6.84. The Hall–Kier alpha value is -2.49. The second-order valence-corrected chi connectivity index (χ2v) is 10.1. The average molecular weight is 475 g/mol. The summed E-state index contributed by atoms with van der Waals surface area (Å²) in [5.41, 5.74) is 0. The van der Waals surface area contributed by atoms with Crippen LogP contribution in [0.25, 0.3) is 0 Å². The molecule has 2 aliphatic rings. The first kappa shape index (κ1) is 23.7. The largest absolute Gasteiger partial charge is 0.467 e. The summed E-state index contributed by atoms with van der Waals surface area (Å²) in [7, 11) is 0. The molecule has 9 nitrogen and oxygen atoms in total. The molecule has 0 radical (unpaired) electrons. The quantitative estimate of drug-likeness (QED) is 0.590. The number of nitrogens with one attached hydrogen (secondary N) is 2. The minimum atomic E-state index is -0.419. The lowest BCUT2D eigenvalue weighted by molar-refractivity contribution is -0.117. The number of amides is 3. The van der Waals surface area contributed by atoms with Crippen LogP contribution in [0.15, 0.2) is 28.0 Å². The Labute approximate surface area is 199 Å². The predicted molar refractivity (Wildman–Crippen MR) is 127 cm³/mol. The third-order valence-corrected chi connectivity index (χ3v) is 7.81. The number of piperidine rings is 1. The van der Waals surface area contributed by atoms with Gasteiger partial charge in [0, 0.05) is 19.1 Å². The molecule has 3 atom stereocenters. The van der Waals surface area contributed by atoms with Gasteiger partial charge in [0.15, 0.2) is 5.16 Å². The van der Waals surface area contributed by atoms with E-state index >= 15 is 0 Å². The highest BCUT2D eigenvalue weighted by molar-refractivity contribution is 7.99. The fraction of sp³-hybridized carbons (Fsp3) is 0.652. The molecule has 2 N–H and O–H groups in total. The molecule has 2 aromatic heterocycles. The lowest BCUT2D eigenvalue weighted by Crippen LogP contribution is -2.49. The summed E-state index contributed by atoms with van der Waals surface area (Å²) in [6, 6.07) is 3.46. The van der Waals surface area contributed by atoms with Crippen LogP contribution < -0.4 is 15.5 Å². The van der Waals surface area contributed by atoms with E-state index in [4.69, 9.17) is 4.42 Å². The molecule has 3 heterocycles. The van der Waals surface area contributed by atoms with Crippen molar-refractivity contribution in [3.63, 3.8) is 0 Å². The van der Waals surface area contributed by atoms with Crippen molar-refractivity contribution in [1.82, 2.24) is 25.4 Å². The molecular weight excluding hydrogens is 440 g/mol. The highest BCUT2D eigenvalue weighted by atomic mass is 32.2. The molecule has 10 heteroatoms. The predicted octanol–water partition coefficient (Wildman–Crippen LogP) is 3.65. The van der Waals surface area contributed by atoms with E-state index in [0.717, 1.165) is 50.5 Å². The van der Waals surface area contributed by atoms with Gasteiger partial charge in [-0.1, -0.05) is 38.5 Å². The number of carbonyl (C=O) groups is 2. The fourth-order valence-corrected chi connectivity index (χ4v) is 5.43. The number of carbonyl (C=O) groups excluding carboxylic acids is 2. The molecule has 2 fully saturated rings. The van der Waals surface area contributed by atoms with Gasteiger partial charge in [-0.05, 0) is 49.7 Å².